The number of benzene rings is 1. The monoisotopic (exact) mass is 335 g/mol. The molecule has 0 unspecified atom stereocenters. The molecule has 1 aromatic rings. The third-order valence-corrected chi connectivity index (χ3v) is 3.92. The van der Waals surface area contributed by atoms with E-state index in [4.69, 9.17) is 9.47 Å². The van der Waals surface area contributed by atoms with Gasteiger partial charge in [0.1, 0.15) is 0 Å². The SMILES string of the molecule is CN=C(NCCCOCCOC)NCCc1c(C)cc(C)cc1C. The van der Waals surface area contributed by atoms with E-state index in [1.54, 1.807) is 14.2 Å². The van der Waals surface area contributed by atoms with Crippen LogP contribution in [0.5, 0.6) is 0 Å². The largest absolute Gasteiger partial charge is 0.382 e. The lowest BCUT2D eigenvalue weighted by molar-refractivity contribution is 0.0698. The van der Waals surface area contributed by atoms with E-state index in [1.165, 1.54) is 22.3 Å². The number of guanidine groups is 1. The van der Waals surface area contributed by atoms with E-state index in [0.29, 0.717) is 13.2 Å². The molecule has 0 fully saturated rings. The average Bonchev–Trinajstić information content (AvgIpc) is 2.54. The van der Waals surface area contributed by atoms with Crippen molar-refractivity contribution in [2.24, 2.45) is 4.99 Å². The summed E-state index contributed by atoms with van der Waals surface area (Å²) in [6.07, 6.45) is 1.94. The van der Waals surface area contributed by atoms with Gasteiger partial charge in [-0.2, -0.15) is 0 Å². The first-order valence-electron chi connectivity index (χ1n) is 8.66. The Morgan fingerprint density at radius 3 is 2.29 bits per heavy atom. The van der Waals surface area contributed by atoms with E-state index in [0.717, 1.165) is 38.5 Å². The normalized spacial score (nSPS) is 11.6. The van der Waals surface area contributed by atoms with Gasteiger partial charge in [-0.15, -0.1) is 0 Å². The Balaban J connectivity index is 2.25. The predicted molar refractivity (Wildman–Crippen MR) is 101 cm³/mol. The number of hydrogen-bond acceptors (Lipinski definition) is 3. The summed E-state index contributed by atoms with van der Waals surface area (Å²) in [6, 6.07) is 4.50. The number of nitrogens with one attached hydrogen (secondary N) is 2. The van der Waals surface area contributed by atoms with Crippen molar-refractivity contribution in [3.05, 3.63) is 34.4 Å². The van der Waals surface area contributed by atoms with Crippen LogP contribution >= 0.6 is 0 Å². The lowest BCUT2D eigenvalue weighted by atomic mass is 9.97. The number of rotatable bonds is 10. The van der Waals surface area contributed by atoms with Crippen LogP contribution in [0, 0.1) is 20.8 Å². The van der Waals surface area contributed by atoms with Gasteiger partial charge < -0.3 is 20.1 Å². The minimum Gasteiger partial charge on any atom is -0.382 e. The number of ether oxygens (including phenoxy) is 2. The van der Waals surface area contributed by atoms with E-state index >= 15 is 0 Å². The van der Waals surface area contributed by atoms with Gasteiger partial charge in [-0.1, -0.05) is 17.7 Å². The molecular formula is C19H33N3O2. The summed E-state index contributed by atoms with van der Waals surface area (Å²) in [4.78, 5) is 4.26. The molecule has 1 rings (SSSR count). The highest BCUT2D eigenvalue weighted by atomic mass is 16.5. The van der Waals surface area contributed by atoms with Crippen molar-refractivity contribution in [2.45, 2.75) is 33.6 Å². The molecule has 0 spiro atoms. The molecule has 0 atom stereocenters. The molecule has 5 heteroatoms. The fourth-order valence-corrected chi connectivity index (χ4v) is 2.76. The third-order valence-electron chi connectivity index (χ3n) is 3.92. The Kier molecular flexibility index (Phi) is 10.1. The van der Waals surface area contributed by atoms with Gasteiger partial charge in [-0.05, 0) is 50.3 Å². The zero-order valence-corrected chi connectivity index (χ0v) is 15.9. The molecule has 24 heavy (non-hydrogen) atoms. The van der Waals surface area contributed by atoms with Crippen LogP contribution < -0.4 is 10.6 Å². The standard InChI is InChI=1S/C19H33N3O2/c1-15-13-16(2)18(17(3)14-15)7-9-22-19(20-4)21-8-6-10-24-12-11-23-5/h13-14H,6-12H2,1-5H3,(H2,20,21,22). The molecule has 2 N–H and O–H groups in total. The molecule has 0 aliphatic rings. The summed E-state index contributed by atoms with van der Waals surface area (Å²) in [5.74, 6) is 0.842. The van der Waals surface area contributed by atoms with Gasteiger partial charge >= 0.3 is 0 Å². The second-order valence-electron chi connectivity index (χ2n) is 6.01. The molecule has 0 radical (unpaired) electrons. The first-order valence-corrected chi connectivity index (χ1v) is 8.66. The van der Waals surface area contributed by atoms with E-state index < -0.39 is 0 Å². The lowest BCUT2D eigenvalue weighted by Crippen LogP contribution is -2.39. The van der Waals surface area contributed by atoms with Crippen LogP contribution in [0.2, 0.25) is 0 Å². The number of aryl methyl sites for hydroxylation is 3. The summed E-state index contributed by atoms with van der Waals surface area (Å²) < 4.78 is 10.4. The Hall–Kier alpha value is -1.59. The topological polar surface area (TPSA) is 54.9 Å². The first kappa shape index (κ1) is 20.5. The molecule has 0 heterocycles. The number of methoxy groups -OCH3 is 1. The molecule has 0 saturated heterocycles. The van der Waals surface area contributed by atoms with Gasteiger partial charge in [0.15, 0.2) is 5.96 Å². The maximum absolute atomic E-state index is 5.44. The molecule has 136 valence electrons. The van der Waals surface area contributed by atoms with Crippen LogP contribution in [0.15, 0.2) is 17.1 Å². The van der Waals surface area contributed by atoms with Crippen LogP contribution in [-0.4, -0.2) is 53.0 Å². The minimum absolute atomic E-state index is 0.647. The van der Waals surface area contributed by atoms with Gasteiger partial charge in [0.2, 0.25) is 0 Å². The van der Waals surface area contributed by atoms with Crippen molar-refractivity contribution >= 4 is 5.96 Å². The quantitative estimate of drug-likeness (QED) is 0.392. The van der Waals surface area contributed by atoms with Crippen molar-refractivity contribution in [1.82, 2.24) is 10.6 Å². The van der Waals surface area contributed by atoms with Gasteiger partial charge in [0.25, 0.3) is 0 Å². The minimum atomic E-state index is 0.647. The van der Waals surface area contributed by atoms with Gasteiger partial charge in [-0.3, -0.25) is 4.99 Å². The lowest BCUT2D eigenvalue weighted by Gasteiger charge is -2.14. The highest BCUT2D eigenvalue weighted by Gasteiger charge is 2.04. The van der Waals surface area contributed by atoms with E-state index in [2.05, 4.69) is 48.5 Å². The van der Waals surface area contributed by atoms with Crippen molar-refractivity contribution in [3.8, 4) is 0 Å². The van der Waals surface area contributed by atoms with Crippen LogP contribution in [0.25, 0.3) is 0 Å². The predicted octanol–water partition coefficient (Wildman–Crippen LogP) is 2.37. The maximum atomic E-state index is 5.44. The second kappa shape index (κ2) is 11.9. The van der Waals surface area contributed by atoms with Crippen LogP contribution in [0.4, 0.5) is 0 Å². The van der Waals surface area contributed by atoms with Crippen molar-refractivity contribution in [3.63, 3.8) is 0 Å². The summed E-state index contributed by atoms with van der Waals surface area (Å²) in [6.45, 7) is 10.3. The molecule has 0 aliphatic carbocycles. The van der Waals surface area contributed by atoms with E-state index in [9.17, 15) is 0 Å². The summed E-state index contributed by atoms with van der Waals surface area (Å²) in [7, 11) is 3.48. The van der Waals surface area contributed by atoms with Crippen LogP contribution in [0.3, 0.4) is 0 Å². The van der Waals surface area contributed by atoms with Crippen molar-refractivity contribution < 1.29 is 9.47 Å². The number of nitrogens with zero attached hydrogens (tertiary/aromatic N) is 1. The zero-order valence-electron chi connectivity index (χ0n) is 15.9. The van der Waals surface area contributed by atoms with Crippen molar-refractivity contribution in [2.75, 3.05) is 47.1 Å². The van der Waals surface area contributed by atoms with Gasteiger partial charge in [-0.25, -0.2) is 0 Å². The van der Waals surface area contributed by atoms with E-state index in [-0.39, 0.29) is 0 Å². The summed E-state index contributed by atoms with van der Waals surface area (Å²) in [5.41, 5.74) is 5.48. The molecule has 1 aromatic carbocycles. The molecule has 0 saturated carbocycles. The molecule has 5 nitrogen and oxygen atoms in total. The molecular weight excluding hydrogens is 302 g/mol. The van der Waals surface area contributed by atoms with Gasteiger partial charge in [0.05, 0.1) is 13.2 Å². The van der Waals surface area contributed by atoms with Crippen molar-refractivity contribution in [1.29, 1.82) is 0 Å². The van der Waals surface area contributed by atoms with Crippen LogP contribution in [-0.2, 0) is 15.9 Å². The van der Waals surface area contributed by atoms with Gasteiger partial charge in [0, 0.05) is 33.9 Å². The third kappa shape index (κ3) is 7.79. The Bertz CT molecular complexity index is 492. The Morgan fingerprint density at radius 1 is 1.00 bits per heavy atom. The zero-order chi connectivity index (χ0) is 17.8. The fourth-order valence-electron chi connectivity index (χ4n) is 2.76. The first-order chi connectivity index (χ1) is 11.6. The smallest absolute Gasteiger partial charge is 0.190 e. The Morgan fingerprint density at radius 2 is 1.67 bits per heavy atom. The molecule has 0 amide bonds. The van der Waals surface area contributed by atoms with Crippen LogP contribution in [0.1, 0.15) is 28.7 Å². The summed E-state index contributed by atoms with van der Waals surface area (Å²) >= 11 is 0. The fraction of sp³-hybridized carbons (Fsp3) is 0.632. The second-order valence-corrected chi connectivity index (χ2v) is 6.01. The highest BCUT2D eigenvalue weighted by Crippen LogP contribution is 2.16. The molecule has 0 aliphatic heterocycles. The Labute approximate surface area is 146 Å². The van der Waals surface area contributed by atoms with E-state index in [1.807, 2.05) is 0 Å². The average molecular weight is 335 g/mol. The molecule has 0 bridgehead atoms. The number of aliphatic imine (C=N–C) groups is 1. The molecule has 0 aromatic heterocycles. The summed E-state index contributed by atoms with van der Waals surface area (Å²) in [5, 5.41) is 6.69. The number of hydrogen-bond donors (Lipinski definition) is 2. The maximum Gasteiger partial charge on any atom is 0.190 e. The highest BCUT2D eigenvalue weighted by molar-refractivity contribution is 5.79.